The number of hydrogen-bond donors (Lipinski definition) is 1. The zero-order valence-corrected chi connectivity index (χ0v) is 17.1. The van der Waals surface area contributed by atoms with Crippen molar-refractivity contribution < 1.29 is 0 Å². The summed E-state index contributed by atoms with van der Waals surface area (Å²) < 4.78 is 2.06. The van der Waals surface area contributed by atoms with E-state index < -0.39 is 0 Å². The Labute approximate surface area is 169 Å². The average Bonchev–Trinajstić information content (AvgIpc) is 3.39. The first-order valence-electron chi connectivity index (χ1n) is 9.82. The van der Waals surface area contributed by atoms with Gasteiger partial charge in [-0.25, -0.2) is 0 Å². The van der Waals surface area contributed by atoms with Crippen LogP contribution in [0.4, 0.5) is 0 Å². The number of fused-ring (bicyclic) bond motifs is 1. The summed E-state index contributed by atoms with van der Waals surface area (Å²) in [5.74, 6) is 2.01. The second-order valence-electron chi connectivity index (χ2n) is 6.97. The van der Waals surface area contributed by atoms with E-state index in [2.05, 4.69) is 52.2 Å². The minimum Gasteiger partial charge on any atom is -0.356 e. The van der Waals surface area contributed by atoms with E-state index in [1.807, 2.05) is 42.8 Å². The van der Waals surface area contributed by atoms with Crippen LogP contribution >= 0.6 is 11.3 Å². The molecule has 0 spiro atoms. The first-order chi connectivity index (χ1) is 13.8. The normalized spacial score (nSPS) is 16.0. The minimum absolute atomic E-state index is 0.879. The van der Waals surface area contributed by atoms with E-state index in [1.165, 1.54) is 4.88 Å². The van der Waals surface area contributed by atoms with Crippen molar-refractivity contribution in [1.29, 1.82) is 0 Å². The molecule has 3 aromatic heterocycles. The van der Waals surface area contributed by atoms with Crippen molar-refractivity contribution in [3.8, 4) is 0 Å². The van der Waals surface area contributed by atoms with Crippen LogP contribution in [-0.2, 0) is 13.0 Å². The summed E-state index contributed by atoms with van der Waals surface area (Å²) >= 11 is 1.84. The van der Waals surface area contributed by atoms with E-state index in [4.69, 9.17) is 0 Å². The van der Waals surface area contributed by atoms with Crippen molar-refractivity contribution in [2.75, 3.05) is 39.8 Å². The van der Waals surface area contributed by atoms with Crippen molar-refractivity contribution in [2.45, 2.75) is 19.4 Å². The topological polar surface area (TPSA) is 61.1 Å². The molecule has 0 atom stereocenters. The Balaban J connectivity index is 1.21. The van der Waals surface area contributed by atoms with E-state index in [1.54, 1.807) is 0 Å². The lowest BCUT2D eigenvalue weighted by molar-refractivity contribution is 0.174. The smallest absolute Gasteiger partial charge is 0.193 e. The van der Waals surface area contributed by atoms with Crippen molar-refractivity contribution in [3.63, 3.8) is 0 Å². The molecule has 3 aromatic rings. The van der Waals surface area contributed by atoms with Gasteiger partial charge in [0.1, 0.15) is 5.82 Å². The number of aryl methyl sites for hydroxylation is 1. The molecule has 1 fully saturated rings. The summed E-state index contributed by atoms with van der Waals surface area (Å²) in [4.78, 5) is 10.8. The van der Waals surface area contributed by atoms with Crippen molar-refractivity contribution in [2.24, 2.45) is 4.99 Å². The fourth-order valence-electron chi connectivity index (χ4n) is 3.58. The molecule has 1 N–H and O–H groups in total. The molecular formula is C20H27N7S. The molecule has 1 aliphatic heterocycles. The Hall–Kier alpha value is -2.45. The van der Waals surface area contributed by atoms with Crippen molar-refractivity contribution in [3.05, 3.63) is 52.6 Å². The largest absolute Gasteiger partial charge is 0.356 e. The molecular weight excluding hydrogens is 370 g/mol. The minimum atomic E-state index is 0.879. The van der Waals surface area contributed by atoms with E-state index in [0.29, 0.717) is 0 Å². The van der Waals surface area contributed by atoms with Crippen LogP contribution < -0.4 is 5.32 Å². The molecule has 0 radical (unpaired) electrons. The van der Waals surface area contributed by atoms with Crippen molar-refractivity contribution >= 4 is 22.9 Å². The molecule has 148 valence electrons. The van der Waals surface area contributed by atoms with Gasteiger partial charge in [-0.1, -0.05) is 12.1 Å². The van der Waals surface area contributed by atoms with Crippen LogP contribution in [-0.4, -0.2) is 70.1 Å². The Morgan fingerprint density at radius 3 is 2.82 bits per heavy atom. The zero-order chi connectivity index (χ0) is 19.2. The highest BCUT2D eigenvalue weighted by atomic mass is 32.1. The van der Waals surface area contributed by atoms with Gasteiger partial charge < -0.3 is 10.2 Å². The van der Waals surface area contributed by atoms with E-state index in [0.717, 1.165) is 69.5 Å². The Kier molecular flexibility index (Phi) is 6.18. The molecule has 8 heteroatoms. The lowest BCUT2D eigenvalue weighted by Crippen LogP contribution is -2.52. The molecule has 0 amide bonds. The fourth-order valence-corrected chi connectivity index (χ4v) is 4.33. The first-order valence-corrected chi connectivity index (χ1v) is 10.7. The second-order valence-corrected chi connectivity index (χ2v) is 8.00. The number of hydrogen-bond acceptors (Lipinski definition) is 5. The number of aromatic nitrogens is 3. The SMILES string of the molecule is CN=C(NCCCc1nnc2ccccn12)N1CCN(Cc2cccs2)CC1. The maximum Gasteiger partial charge on any atom is 0.193 e. The third kappa shape index (κ3) is 4.51. The van der Waals surface area contributed by atoms with Crippen molar-refractivity contribution in [1.82, 2.24) is 29.7 Å². The Morgan fingerprint density at radius 2 is 2.04 bits per heavy atom. The maximum atomic E-state index is 4.48. The number of piperazine rings is 1. The van der Waals surface area contributed by atoms with Gasteiger partial charge in [0, 0.05) is 63.8 Å². The molecule has 1 saturated heterocycles. The standard InChI is InChI=1S/C20H27N7S/c1-21-20(26-13-11-25(12-14-26)16-17-6-5-15-28-17)22-9-4-8-19-24-23-18-7-2-3-10-27(18)19/h2-3,5-7,10,15H,4,8-9,11-14,16H2,1H3,(H,21,22). The average molecular weight is 398 g/mol. The number of aliphatic imine (C=N–C) groups is 1. The number of rotatable bonds is 6. The van der Waals surface area contributed by atoms with Gasteiger partial charge in [0.05, 0.1) is 0 Å². The van der Waals surface area contributed by atoms with Crippen LogP contribution in [0.1, 0.15) is 17.1 Å². The zero-order valence-electron chi connectivity index (χ0n) is 16.3. The fraction of sp³-hybridized carbons (Fsp3) is 0.450. The van der Waals surface area contributed by atoms with Crippen LogP contribution in [0.15, 0.2) is 46.9 Å². The quantitative estimate of drug-likeness (QED) is 0.392. The molecule has 0 aliphatic carbocycles. The number of pyridine rings is 1. The molecule has 0 unspecified atom stereocenters. The van der Waals surface area contributed by atoms with Crippen LogP contribution in [0.25, 0.3) is 5.65 Å². The molecule has 4 heterocycles. The van der Waals surface area contributed by atoms with Crippen LogP contribution in [0.2, 0.25) is 0 Å². The third-order valence-electron chi connectivity index (χ3n) is 5.09. The van der Waals surface area contributed by atoms with Crippen LogP contribution in [0.5, 0.6) is 0 Å². The Bertz CT molecular complexity index is 894. The summed E-state index contributed by atoms with van der Waals surface area (Å²) in [5.41, 5.74) is 0.904. The summed E-state index contributed by atoms with van der Waals surface area (Å²) in [6.07, 6.45) is 3.91. The van der Waals surface area contributed by atoms with Gasteiger partial charge in [-0.3, -0.25) is 14.3 Å². The third-order valence-corrected chi connectivity index (χ3v) is 5.95. The van der Waals surface area contributed by atoms with Gasteiger partial charge in [0.25, 0.3) is 0 Å². The lowest BCUT2D eigenvalue weighted by atomic mass is 10.3. The molecule has 1 aliphatic rings. The molecule has 4 rings (SSSR count). The number of thiophene rings is 1. The maximum absolute atomic E-state index is 4.48. The predicted octanol–water partition coefficient (Wildman–Crippen LogP) is 2.12. The summed E-state index contributed by atoms with van der Waals surface area (Å²) in [7, 11) is 1.87. The summed E-state index contributed by atoms with van der Waals surface area (Å²) in [5, 5.41) is 14.2. The van der Waals surface area contributed by atoms with E-state index in [-0.39, 0.29) is 0 Å². The predicted molar refractivity (Wildman–Crippen MR) is 114 cm³/mol. The van der Waals surface area contributed by atoms with Gasteiger partial charge in [-0.15, -0.1) is 21.5 Å². The lowest BCUT2D eigenvalue weighted by Gasteiger charge is -2.36. The van der Waals surface area contributed by atoms with Crippen LogP contribution in [0, 0.1) is 0 Å². The highest BCUT2D eigenvalue weighted by molar-refractivity contribution is 7.09. The molecule has 0 aromatic carbocycles. The number of nitrogens with zero attached hydrogens (tertiary/aromatic N) is 6. The van der Waals surface area contributed by atoms with Gasteiger partial charge in [0.2, 0.25) is 0 Å². The first kappa shape index (κ1) is 18.9. The highest BCUT2D eigenvalue weighted by Crippen LogP contribution is 2.13. The van der Waals surface area contributed by atoms with Gasteiger partial charge >= 0.3 is 0 Å². The second kappa shape index (κ2) is 9.16. The van der Waals surface area contributed by atoms with E-state index >= 15 is 0 Å². The van der Waals surface area contributed by atoms with Gasteiger partial charge in [-0.2, -0.15) is 0 Å². The number of guanidine groups is 1. The highest BCUT2D eigenvalue weighted by Gasteiger charge is 2.19. The van der Waals surface area contributed by atoms with Crippen LogP contribution in [0.3, 0.4) is 0 Å². The van der Waals surface area contributed by atoms with Gasteiger partial charge in [-0.05, 0) is 30.0 Å². The Morgan fingerprint density at radius 1 is 1.14 bits per heavy atom. The number of nitrogens with one attached hydrogen (secondary N) is 1. The molecule has 0 bridgehead atoms. The summed E-state index contributed by atoms with van der Waals surface area (Å²) in [6, 6.07) is 10.3. The van der Waals surface area contributed by atoms with E-state index in [9.17, 15) is 0 Å². The molecule has 0 saturated carbocycles. The van der Waals surface area contributed by atoms with Gasteiger partial charge in [0.15, 0.2) is 11.6 Å². The molecule has 28 heavy (non-hydrogen) atoms. The molecule has 7 nitrogen and oxygen atoms in total. The monoisotopic (exact) mass is 397 g/mol. The summed E-state index contributed by atoms with van der Waals surface area (Å²) in [6.45, 7) is 6.11.